The Hall–Kier alpha value is -1.52. The molecule has 100 valence electrons. The molecule has 1 saturated heterocycles. The van der Waals surface area contributed by atoms with Gasteiger partial charge in [0.15, 0.2) is 5.96 Å². The zero-order valence-electron chi connectivity index (χ0n) is 11.3. The highest BCUT2D eigenvalue weighted by Crippen LogP contribution is 2.14. The summed E-state index contributed by atoms with van der Waals surface area (Å²) in [6, 6.07) is 2.02. The number of hydrogen-bond acceptors (Lipinski definition) is 2. The molecule has 1 fully saturated rings. The summed E-state index contributed by atoms with van der Waals surface area (Å²) in [4.78, 5) is 6.68. The standard InChI is InChI=1S/C13H23N5/c1-11-4-3-9-18(10-11)13(14)15-7-5-12-6-8-16-17(12)2/h6,8,11H,3-5,7,9-10H2,1-2H3,(H2,14,15). The number of aliphatic imine (C=N–C) groups is 1. The van der Waals surface area contributed by atoms with E-state index in [0.717, 1.165) is 32.0 Å². The van der Waals surface area contributed by atoms with Gasteiger partial charge in [-0.05, 0) is 24.8 Å². The molecular weight excluding hydrogens is 226 g/mol. The molecule has 1 aliphatic rings. The van der Waals surface area contributed by atoms with E-state index in [1.54, 1.807) is 0 Å². The molecule has 0 saturated carbocycles. The molecule has 0 aliphatic carbocycles. The van der Waals surface area contributed by atoms with Gasteiger partial charge in [-0.1, -0.05) is 6.92 Å². The van der Waals surface area contributed by atoms with E-state index in [1.165, 1.54) is 18.5 Å². The molecule has 1 aromatic heterocycles. The zero-order chi connectivity index (χ0) is 13.0. The Bertz CT molecular complexity index is 409. The van der Waals surface area contributed by atoms with Crippen molar-refractivity contribution in [2.75, 3.05) is 19.6 Å². The van der Waals surface area contributed by atoms with Crippen LogP contribution in [0.25, 0.3) is 0 Å². The van der Waals surface area contributed by atoms with E-state index in [2.05, 4.69) is 21.9 Å². The van der Waals surface area contributed by atoms with Crippen molar-refractivity contribution in [1.29, 1.82) is 0 Å². The van der Waals surface area contributed by atoms with E-state index >= 15 is 0 Å². The van der Waals surface area contributed by atoms with Gasteiger partial charge >= 0.3 is 0 Å². The molecule has 0 spiro atoms. The first-order valence-corrected chi connectivity index (χ1v) is 6.68. The summed E-state index contributed by atoms with van der Waals surface area (Å²) in [6.45, 7) is 5.09. The lowest BCUT2D eigenvalue weighted by atomic mass is 10.0. The Kier molecular flexibility index (Phi) is 4.23. The van der Waals surface area contributed by atoms with Gasteiger partial charge < -0.3 is 10.6 Å². The molecule has 1 atom stereocenters. The molecule has 0 aromatic carbocycles. The number of aryl methyl sites for hydroxylation is 1. The van der Waals surface area contributed by atoms with E-state index < -0.39 is 0 Å². The molecule has 1 aliphatic heterocycles. The number of likely N-dealkylation sites (tertiary alicyclic amines) is 1. The summed E-state index contributed by atoms with van der Waals surface area (Å²) in [5.74, 6) is 1.42. The van der Waals surface area contributed by atoms with Crippen molar-refractivity contribution in [3.63, 3.8) is 0 Å². The van der Waals surface area contributed by atoms with Crippen LogP contribution in [0.15, 0.2) is 17.3 Å². The number of piperidine rings is 1. The van der Waals surface area contributed by atoms with Gasteiger partial charge in [-0.25, -0.2) is 0 Å². The number of guanidine groups is 1. The third kappa shape index (κ3) is 3.24. The number of hydrogen-bond donors (Lipinski definition) is 1. The minimum Gasteiger partial charge on any atom is -0.370 e. The van der Waals surface area contributed by atoms with Crippen LogP contribution in [-0.4, -0.2) is 40.3 Å². The first-order chi connectivity index (χ1) is 8.66. The first kappa shape index (κ1) is 12.9. The van der Waals surface area contributed by atoms with E-state index in [4.69, 9.17) is 5.73 Å². The molecule has 0 amide bonds. The van der Waals surface area contributed by atoms with Gasteiger partial charge in [0.25, 0.3) is 0 Å². The minimum absolute atomic E-state index is 0.698. The van der Waals surface area contributed by atoms with Crippen LogP contribution in [0.2, 0.25) is 0 Å². The highest BCUT2D eigenvalue weighted by Gasteiger charge is 2.17. The second-order valence-electron chi connectivity index (χ2n) is 5.13. The molecule has 5 heteroatoms. The van der Waals surface area contributed by atoms with Gasteiger partial charge in [0, 0.05) is 45.0 Å². The maximum Gasteiger partial charge on any atom is 0.191 e. The molecule has 2 N–H and O–H groups in total. The maximum atomic E-state index is 6.04. The van der Waals surface area contributed by atoms with Gasteiger partial charge in [-0.15, -0.1) is 0 Å². The van der Waals surface area contributed by atoms with Gasteiger partial charge in [0.2, 0.25) is 0 Å². The number of nitrogens with two attached hydrogens (primary N) is 1. The zero-order valence-corrected chi connectivity index (χ0v) is 11.3. The Balaban J connectivity index is 1.83. The van der Waals surface area contributed by atoms with Gasteiger partial charge in [0.1, 0.15) is 0 Å². The lowest BCUT2D eigenvalue weighted by Gasteiger charge is -2.31. The van der Waals surface area contributed by atoms with Crippen LogP contribution in [0.3, 0.4) is 0 Å². The predicted molar refractivity (Wildman–Crippen MR) is 73.4 cm³/mol. The summed E-state index contributed by atoms with van der Waals surface area (Å²) in [5.41, 5.74) is 7.23. The highest BCUT2D eigenvalue weighted by atomic mass is 15.3. The Labute approximate surface area is 109 Å². The summed E-state index contributed by atoms with van der Waals surface area (Å²) < 4.78 is 1.88. The lowest BCUT2D eigenvalue weighted by Crippen LogP contribution is -2.43. The normalized spacial score (nSPS) is 21.3. The van der Waals surface area contributed by atoms with Crippen molar-refractivity contribution >= 4 is 5.96 Å². The molecule has 1 aromatic rings. The summed E-state index contributed by atoms with van der Waals surface area (Å²) in [6.07, 6.45) is 5.23. The van der Waals surface area contributed by atoms with Crippen LogP contribution < -0.4 is 5.73 Å². The average Bonchev–Trinajstić information content (AvgIpc) is 2.75. The number of nitrogens with zero attached hydrogens (tertiary/aromatic N) is 4. The van der Waals surface area contributed by atoms with Crippen LogP contribution in [-0.2, 0) is 13.5 Å². The van der Waals surface area contributed by atoms with Crippen molar-refractivity contribution in [1.82, 2.24) is 14.7 Å². The first-order valence-electron chi connectivity index (χ1n) is 6.68. The summed E-state index contributed by atoms with van der Waals surface area (Å²) >= 11 is 0. The van der Waals surface area contributed by atoms with Crippen molar-refractivity contribution in [3.8, 4) is 0 Å². The number of rotatable bonds is 3. The minimum atomic E-state index is 0.698. The second kappa shape index (κ2) is 5.89. The van der Waals surface area contributed by atoms with E-state index in [9.17, 15) is 0 Å². The largest absolute Gasteiger partial charge is 0.370 e. The maximum absolute atomic E-state index is 6.04. The third-order valence-electron chi connectivity index (χ3n) is 3.55. The fourth-order valence-corrected chi connectivity index (χ4v) is 2.43. The molecule has 18 heavy (non-hydrogen) atoms. The van der Waals surface area contributed by atoms with E-state index in [0.29, 0.717) is 5.96 Å². The molecule has 5 nitrogen and oxygen atoms in total. The molecule has 2 rings (SSSR count). The van der Waals surface area contributed by atoms with Crippen molar-refractivity contribution in [2.24, 2.45) is 23.7 Å². The van der Waals surface area contributed by atoms with Crippen LogP contribution in [0.1, 0.15) is 25.5 Å². The van der Waals surface area contributed by atoms with Gasteiger partial charge in [-0.2, -0.15) is 5.10 Å². The summed E-state index contributed by atoms with van der Waals surface area (Å²) in [5, 5.41) is 4.14. The lowest BCUT2D eigenvalue weighted by molar-refractivity contribution is 0.270. The Morgan fingerprint density at radius 1 is 1.61 bits per heavy atom. The monoisotopic (exact) mass is 249 g/mol. The topological polar surface area (TPSA) is 59.4 Å². The SMILES string of the molecule is CC1CCCN(C(N)=NCCc2ccnn2C)C1. The smallest absolute Gasteiger partial charge is 0.191 e. The van der Waals surface area contributed by atoms with Crippen LogP contribution in [0, 0.1) is 5.92 Å². The molecule has 1 unspecified atom stereocenters. The van der Waals surface area contributed by atoms with Gasteiger partial charge in [0.05, 0.1) is 0 Å². The average molecular weight is 249 g/mol. The molecule has 0 radical (unpaired) electrons. The summed E-state index contributed by atoms with van der Waals surface area (Å²) in [7, 11) is 1.95. The van der Waals surface area contributed by atoms with E-state index in [1.807, 2.05) is 24.0 Å². The van der Waals surface area contributed by atoms with Crippen LogP contribution >= 0.6 is 0 Å². The fraction of sp³-hybridized carbons (Fsp3) is 0.692. The van der Waals surface area contributed by atoms with Crippen molar-refractivity contribution < 1.29 is 0 Å². The molecule has 0 bridgehead atoms. The van der Waals surface area contributed by atoms with Crippen LogP contribution in [0.5, 0.6) is 0 Å². The predicted octanol–water partition coefficient (Wildman–Crippen LogP) is 1.01. The molecular formula is C13H23N5. The highest BCUT2D eigenvalue weighted by molar-refractivity contribution is 5.78. The van der Waals surface area contributed by atoms with E-state index in [-0.39, 0.29) is 0 Å². The quantitative estimate of drug-likeness (QED) is 0.642. The Morgan fingerprint density at radius 2 is 2.44 bits per heavy atom. The second-order valence-corrected chi connectivity index (χ2v) is 5.13. The van der Waals surface area contributed by atoms with Gasteiger partial charge in [-0.3, -0.25) is 9.67 Å². The van der Waals surface area contributed by atoms with Crippen molar-refractivity contribution in [3.05, 3.63) is 18.0 Å². The molecule has 2 heterocycles. The number of aromatic nitrogens is 2. The fourth-order valence-electron chi connectivity index (χ4n) is 2.43. The third-order valence-corrected chi connectivity index (χ3v) is 3.55. The van der Waals surface area contributed by atoms with Crippen molar-refractivity contribution in [2.45, 2.75) is 26.2 Å². The Morgan fingerprint density at radius 3 is 3.11 bits per heavy atom. The van der Waals surface area contributed by atoms with Crippen LogP contribution in [0.4, 0.5) is 0 Å².